The van der Waals surface area contributed by atoms with Crippen molar-refractivity contribution < 1.29 is 23.6 Å². The molecule has 1 saturated heterocycles. The number of rotatable bonds is 6. The van der Waals surface area contributed by atoms with Gasteiger partial charge in [-0.2, -0.15) is 0 Å². The van der Waals surface area contributed by atoms with Crippen molar-refractivity contribution in [2.24, 2.45) is 11.8 Å². The number of aryl methyl sites for hydroxylation is 1. The number of anilines is 1. The van der Waals surface area contributed by atoms with Crippen LogP contribution in [0.3, 0.4) is 0 Å². The Morgan fingerprint density at radius 3 is 2.50 bits per heavy atom. The van der Waals surface area contributed by atoms with Crippen LogP contribution in [0.5, 0.6) is 11.5 Å². The van der Waals surface area contributed by atoms with Gasteiger partial charge in [-0.1, -0.05) is 11.6 Å². The summed E-state index contributed by atoms with van der Waals surface area (Å²) in [6.45, 7) is 3.38. The van der Waals surface area contributed by atoms with Gasteiger partial charge < -0.3 is 24.2 Å². The van der Waals surface area contributed by atoms with Gasteiger partial charge in [-0.15, -0.1) is 0 Å². The Morgan fingerprint density at radius 2 is 1.90 bits per heavy atom. The van der Waals surface area contributed by atoms with Crippen molar-refractivity contribution in [2.75, 3.05) is 32.6 Å². The number of nitrogens with one attached hydrogen (secondary N) is 1. The molecule has 0 radical (unpaired) electrons. The zero-order chi connectivity index (χ0) is 21.3. The van der Waals surface area contributed by atoms with E-state index in [1.807, 2.05) is 4.90 Å². The van der Waals surface area contributed by atoms with Crippen LogP contribution in [0.2, 0.25) is 0 Å². The minimum atomic E-state index is -0.299. The van der Waals surface area contributed by atoms with E-state index in [9.17, 15) is 9.59 Å². The number of methoxy groups -OCH3 is 2. The standard InChI is InChI=1S/C22H27N3O5/c1-13-7-17(30-24-13)10-20(26)23-18-8-16(9-19(28-2)21(18)29-3)22(27)25-11-14-5-4-6-15(14)12-25/h7-9,14-15H,4-6,10-12H2,1-3H3,(H,23,26)/t14-,15+. The molecule has 0 unspecified atom stereocenters. The second kappa shape index (κ2) is 8.38. The number of hydrogen-bond donors (Lipinski definition) is 1. The molecular weight excluding hydrogens is 386 g/mol. The van der Waals surface area contributed by atoms with Gasteiger partial charge in [0.1, 0.15) is 5.76 Å². The number of carbonyl (C=O) groups is 2. The third-order valence-electron chi connectivity index (χ3n) is 6.02. The lowest BCUT2D eigenvalue weighted by molar-refractivity contribution is -0.115. The Bertz CT molecular complexity index is 942. The number of amides is 2. The highest BCUT2D eigenvalue weighted by Gasteiger charge is 2.38. The van der Waals surface area contributed by atoms with Crippen LogP contribution in [-0.2, 0) is 11.2 Å². The Labute approximate surface area is 175 Å². The molecule has 2 aliphatic rings. The molecule has 1 aliphatic carbocycles. The lowest BCUT2D eigenvalue weighted by atomic mass is 10.0. The zero-order valence-electron chi connectivity index (χ0n) is 17.6. The van der Waals surface area contributed by atoms with Crippen LogP contribution in [0.15, 0.2) is 22.7 Å². The molecule has 4 rings (SSSR count). The summed E-state index contributed by atoms with van der Waals surface area (Å²) in [4.78, 5) is 27.6. The first kappa shape index (κ1) is 20.3. The highest BCUT2D eigenvalue weighted by atomic mass is 16.5. The van der Waals surface area contributed by atoms with Crippen LogP contribution in [0.25, 0.3) is 0 Å². The Kier molecular flexibility index (Phi) is 5.65. The first-order valence-corrected chi connectivity index (χ1v) is 10.3. The van der Waals surface area contributed by atoms with Crippen molar-refractivity contribution in [3.05, 3.63) is 35.2 Å². The van der Waals surface area contributed by atoms with Crippen molar-refractivity contribution >= 4 is 17.5 Å². The van der Waals surface area contributed by atoms with Gasteiger partial charge in [0, 0.05) is 24.7 Å². The molecule has 1 aromatic carbocycles. The van der Waals surface area contributed by atoms with Crippen LogP contribution in [-0.4, -0.2) is 49.2 Å². The minimum absolute atomic E-state index is 0.0277. The smallest absolute Gasteiger partial charge is 0.254 e. The number of nitrogens with zero attached hydrogens (tertiary/aromatic N) is 2. The highest BCUT2D eigenvalue weighted by Crippen LogP contribution is 2.40. The summed E-state index contributed by atoms with van der Waals surface area (Å²) >= 11 is 0. The van der Waals surface area contributed by atoms with Crippen LogP contribution >= 0.6 is 0 Å². The highest BCUT2D eigenvalue weighted by molar-refractivity contribution is 6.00. The Hall–Kier alpha value is -3.03. The quantitative estimate of drug-likeness (QED) is 0.782. The van der Waals surface area contributed by atoms with Gasteiger partial charge in [-0.3, -0.25) is 9.59 Å². The summed E-state index contributed by atoms with van der Waals surface area (Å²) < 4.78 is 16.0. The predicted molar refractivity (Wildman–Crippen MR) is 110 cm³/mol. The van der Waals surface area contributed by atoms with Gasteiger partial charge in [-0.05, 0) is 43.7 Å². The fourth-order valence-corrected chi connectivity index (χ4v) is 4.62. The van der Waals surface area contributed by atoms with E-state index >= 15 is 0 Å². The SMILES string of the molecule is COc1cc(C(=O)N2C[C@H]3CCC[C@H]3C2)cc(NC(=O)Cc2cc(C)no2)c1OC. The van der Waals surface area contributed by atoms with Crippen LogP contribution in [0.1, 0.15) is 41.1 Å². The molecule has 160 valence electrons. The maximum Gasteiger partial charge on any atom is 0.254 e. The molecule has 0 spiro atoms. The van der Waals surface area contributed by atoms with Gasteiger partial charge in [-0.25, -0.2) is 0 Å². The average Bonchev–Trinajstić information content (AvgIpc) is 3.43. The molecule has 2 amide bonds. The molecule has 1 saturated carbocycles. The fraction of sp³-hybridized carbons (Fsp3) is 0.500. The molecule has 8 heteroatoms. The number of carbonyl (C=O) groups excluding carboxylic acids is 2. The third-order valence-corrected chi connectivity index (χ3v) is 6.02. The van der Waals surface area contributed by atoms with Crippen molar-refractivity contribution in [3.8, 4) is 11.5 Å². The fourth-order valence-electron chi connectivity index (χ4n) is 4.62. The van der Waals surface area contributed by atoms with Crippen molar-refractivity contribution in [1.29, 1.82) is 0 Å². The van der Waals surface area contributed by atoms with Crippen molar-refractivity contribution in [2.45, 2.75) is 32.6 Å². The number of benzene rings is 1. The van der Waals surface area contributed by atoms with Crippen LogP contribution in [0.4, 0.5) is 5.69 Å². The van der Waals surface area contributed by atoms with E-state index in [2.05, 4.69) is 10.5 Å². The van der Waals surface area contributed by atoms with Crippen LogP contribution in [0, 0.1) is 18.8 Å². The Morgan fingerprint density at radius 1 is 1.17 bits per heavy atom. The number of hydrogen-bond acceptors (Lipinski definition) is 6. The van der Waals surface area contributed by atoms with E-state index in [0.717, 1.165) is 13.1 Å². The summed E-state index contributed by atoms with van der Waals surface area (Å²) in [6.07, 6.45) is 3.68. The lowest BCUT2D eigenvalue weighted by Crippen LogP contribution is -2.29. The molecule has 1 aromatic heterocycles. The molecule has 0 bridgehead atoms. The van der Waals surface area contributed by atoms with E-state index in [1.165, 1.54) is 33.5 Å². The monoisotopic (exact) mass is 413 g/mol. The molecule has 2 heterocycles. The normalized spacial score (nSPS) is 20.2. The topological polar surface area (TPSA) is 93.9 Å². The second-order valence-corrected chi connectivity index (χ2v) is 8.08. The maximum absolute atomic E-state index is 13.2. The van der Waals surface area contributed by atoms with E-state index in [-0.39, 0.29) is 18.2 Å². The zero-order valence-corrected chi connectivity index (χ0v) is 17.6. The summed E-state index contributed by atoms with van der Waals surface area (Å²) in [5.74, 6) is 2.10. The lowest BCUT2D eigenvalue weighted by Gasteiger charge is -2.20. The molecule has 8 nitrogen and oxygen atoms in total. The second-order valence-electron chi connectivity index (χ2n) is 8.08. The van der Waals surface area contributed by atoms with E-state index in [4.69, 9.17) is 14.0 Å². The number of ether oxygens (including phenoxy) is 2. The largest absolute Gasteiger partial charge is 0.493 e. The number of fused-ring (bicyclic) bond motifs is 1. The van der Waals surface area contributed by atoms with E-state index < -0.39 is 0 Å². The summed E-state index contributed by atoms with van der Waals surface area (Å²) in [6, 6.07) is 5.04. The minimum Gasteiger partial charge on any atom is -0.493 e. The number of aromatic nitrogens is 1. The molecule has 2 aromatic rings. The van der Waals surface area contributed by atoms with Gasteiger partial charge in [0.25, 0.3) is 5.91 Å². The van der Waals surface area contributed by atoms with E-state index in [0.29, 0.717) is 46.0 Å². The predicted octanol–water partition coefficient (Wildman–Crippen LogP) is 3.05. The molecule has 1 N–H and O–H groups in total. The van der Waals surface area contributed by atoms with Gasteiger partial charge in [0.15, 0.2) is 11.5 Å². The average molecular weight is 413 g/mol. The molecule has 2 atom stereocenters. The van der Waals surface area contributed by atoms with Gasteiger partial charge in [0.05, 0.1) is 32.0 Å². The molecule has 1 aliphatic heterocycles. The number of likely N-dealkylation sites (tertiary alicyclic amines) is 1. The van der Waals surface area contributed by atoms with Gasteiger partial charge in [0.2, 0.25) is 5.91 Å². The van der Waals surface area contributed by atoms with Gasteiger partial charge >= 0.3 is 0 Å². The third kappa shape index (κ3) is 3.99. The van der Waals surface area contributed by atoms with Crippen molar-refractivity contribution in [1.82, 2.24) is 10.1 Å². The summed E-state index contributed by atoms with van der Waals surface area (Å²) in [5, 5.41) is 6.61. The first-order valence-electron chi connectivity index (χ1n) is 10.3. The molecular formula is C22H27N3O5. The van der Waals surface area contributed by atoms with E-state index in [1.54, 1.807) is 25.1 Å². The molecule has 30 heavy (non-hydrogen) atoms. The first-order chi connectivity index (χ1) is 14.5. The molecule has 2 fully saturated rings. The summed E-state index contributed by atoms with van der Waals surface area (Å²) in [7, 11) is 3.01. The Balaban J connectivity index is 1.56. The van der Waals surface area contributed by atoms with Crippen molar-refractivity contribution in [3.63, 3.8) is 0 Å². The summed E-state index contributed by atoms with van der Waals surface area (Å²) in [5.41, 5.74) is 1.57. The van der Waals surface area contributed by atoms with Crippen LogP contribution < -0.4 is 14.8 Å². The maximum atomic E-state index is 13.2.